The minimum Gasteiger partial charge on any atom is -0.488 e. The van der Waals surface area contributed by atoms with Gasteiger partial charge in [0.15, 0.2) is 9.84 Å². The summed E-state index contributed by atoms with van der Waals surface area (Å²) in [7, 11) is -3.68. The molecule has 3 rings (SSSR count). The maximum absolute atomic E-state index is 12.5. The van der Waals surface area contributed by atoms with Gasteiger partial charge >= 0.3 is 6.03 Å². The fourth-order valence-electron chi connectivity index (χ4n) is 2.73. The Morgan fingerprint density at radius 3 is 2.72 bits per heavy atom. The van der Waals surface area contributed by atoms with Crippen LogP contribution in [0.25, 0.3) is 0 Å². The van der Waals surface area contributed by atoms with Crippen LogP contribution in [0.15, 0.2) is 45.9 Å². The van der Waals surface area contributed by atoms with E-state index < -0.39 is 34.8 Å². The topological polar surface area (TPSA) is 106 Å². The highest BCUT2D eigenvalue weighted by molar-refractivity contribution is 7.91. The van der Waals surface area contributed by atoms with Gasteiger partial charge in [0.05, 0.1) is 23.5 Å². The van der Waals surface area contributed by atoms with Crippen molar-refractivity contribution in [2.24, 2.45) is 0 Å². The highest BCUT2D eigenvalue weighted by Crippen LogP contribution is 2.21. The first-order valence-electron chi connectivity index (χ1n) is 8.62. The Morgan fingerprint density at radius 2 is 2.03 bits per heavy atom. The first kappa shape index (κ1) is 20.8. The number of aryl methyl sites for hydroxylation is 1. The Hall–Kier alpha value is -2.95. The number of hydrogen-bond donors (Lipinski definition) is 1. The molecule has 29 heavy (non-hydrogen) atoms. The van der Waals surface area contributed by atoms with Gasteiger partial charge in [-0.3, -0.25) is 10.1 Å². The van der Waals surface area contributed by atoms with Crippen LogP contribution in [0.5, 0.6) is 5.75 Å². The van der Waals surface area contributed by atoms with E-state index in [2.05, 4.69) is 5.32 Å². The van der Waals surface area contributed by atoms with Gasteiger partial charge in [-0.25, -0.2) is 22.0 Å². The highest BCUT2D eigenvalue weighted by atomic mass is 32.2. The van der Waals surface area contributed by atoms with E-state index >= 15 is 0 Å². The second kappa shape index (κ2) is 8.60. The van der Waals surface area contributed by atoms with Crippen molar-refractivity contribution in [3.05, 3.63) is 47.9 Å². The average Bonchev–Trinajstić information content (AvgIpc) is 3.24. The van der Waals surface area contributed by atoms with Crippen LogP contribution in [0.1, 0.15) is 11.3 Å². The molecule has 1 saturated heterocycles. The molecule has 0 atom stereocenters. The summed E-state index contributed by atoms with van der Waals surface area (Å²) in [6.45, 7) is -0.789. The molecule has 1 aromatic carbocycles. The fourth-order valence-corrected chi connectivity index (χ4v) is 4.05. The van der Waals surface area contributed by atoms with Crippen molar-refractivity contribution >= 4 is 21.8 Å². The van der Waals surface area contributed by atoms with Crippen LogP contribution in [0.4, 0.5) is 13.6 Å². The summed E-state index contributed by atoms with van der Waals surface area (Å²) < 4.78 is 59.7. The molecule has 11 heteroatoms. The van der Waals surface area contributed by atoms with Crippen LogP contribution in [0.2, 0.25) is 0 Å². The van der Waals surface area contributed by atoms with Gasteiger partial charge in [0.2, 0.25) is 5.91 Å². The normalized spacial score (nSPS) is 14.5. The van der Waals surface area contributed by atoms with Gasteiger partial charge in [-0.15, -0.1) is 0 Å². The van der Waals surface area contributed by atoms with E-state index in [1.807, 2.05) is 0 Å². The number of furan rings is 1. The third kappa shape index (κ3) is 5.53. The molecule has 8 nitrogen and oxygen atoms in total. The van der Waals surface area contributed by atoms with Gasteiger partial charge in [0.1, 0.15) is 24.7 Å². The van der Waals surface area contributed by atoms with Crippen LogP contribution >= 0.6 is 0 Å². The minimum absolute atomic E-state index is 0.0276. The molecule has 2 heterocycles. The molecule has 1 aromatic heterocycles. The molecular weight excluding hydrogens is 410 g/mol. The minimum atomic E-state index is -3.68. The molecule has 156 valence electrons. The molecular formula is C18H18F2N2O6S. The lowest BCUT2D eigenvalue weighted by atomic mass is 10.2. The second-order valence-electron chi connectivity index (χ2n) is 6.38. The van der Waals surface area contributed by atoms with E-state index in [-0.39, 0.29) is 35.9 Å². The number of urea groups is 1. The van der Waals surface area contributed by atoms with Crippen molar-refractivity contribution in [2.75, 3.05) is 18.9 Å². The molecule has 0 unspecified atom stereocenters. The molecule has 3 amide bonds. The number of carbonyl (C=O) groups excluding carboxylic acids is 2. The summed E-state index contributed by atoms with van der Waals surface area (Å²) in [4.78, 5) is 24.0. The highest BCUT2D eigenvalue weighted by Gasteiger charge is 2.27. The van der Waals surface area contributed by atoms with Crippen LogP contribution in [0, 0.1) is 0 Å². The van der Waals surface area contributed by atoms with Gasteiger partial charge in [0.25, 0.3) is 6.43 Å². The Morgan fingerprint density at radius 1 is 1.24 bits per heavy atom. The SMILES string of the molecule is O=C1CN(Cc2cc(CCS(=O)(=O)c3cccc(OCC(F)F)c3)co2)C(=O)N1. The molecule has 1 N–H and O–H groups in total. The van der Waals surface area contributed by atoms with Gasteiger partial charge < -0.3 is 14.1 Å². The third-order valence-electron chi connectivity index (χ3n) is 4.12. The molecule has 0 saturated carbocycles. The van der Waals surface area contributed by atoms with Crippen LogP contribution in [0.3, 0.4) is 0 Å². The van der Waals surface area contributed by atoms with Crippen LogP contribution in [-0.4, -0.2) is 50.6 Å². The summed E-state index contributed by atoms with van der Waals surface area (Å²) in [6.07, 6.45) is -1.11. The number of amides is 3. The zero-order chi connectivity index (χ0) is 21.0. The molecule has 0 aliphatic carbocycles. The van der Waals surface area contributed by atoms with Gasteiger partial charge in [-0.2, -0.15) is 0 Å². The molecule has 0 spiro atoms. The lowest BCUT2D eigenvalue weighted by Crippen LogP contribution is -2.27. The van der Waals surface area contributed by atoms with Crippen molar-refractivity contribution < 1.29 is 35.9 Å². The summed E-state index contributed by atoms with van der Waals surface area (Å²) in [5.41, 5.74) is 0.611. The van der Waals surface area contributed by atoms with Crippen molar-refractivity contribution in [2.45, 2.75) is 24.3 Å². The van der Waals surface area contributed by atoms with Gasteiger partial charge in [-0.05, 0) is 36.2 Å². The van der Waals surface area contributed by atoms with E-state index in [1.54, 1.807) is 6.07 Å². The van der Waals surface area contributed by atoms with Crippen LogP contribution < -0.4 is 10.1 Å². The standard InChI is InChI=1S/C18H18F2N2O6S/c19-16(20)11-28-13-2-1-3-15(7-13)29(25,26)5-4-12-6-14(27-10-12)8-22-9-17(23)21-18(22)24/h1-3,6-7,10,16H,4-5,8-9,11H2,(H,21,23,24). The van der Waals surface area contributed by atoms with E-state index in [9.17, 15) is 26.8 Å². The Balaban J connectivity index is 1.59. The van der Waals surface area contributed by atoms with Gasteiger partial charge in [-0.1, -0.05) is 6.07 Å². The lowest BCUT2D eigenvalue weighted by molar-refractivity contribution is -0.118. The monoisotopic (exact) mass is 428 g/mol. The molecule has 2 aromatic rings. The number of nitrogens with zero attached hydrogens (tertiary/aromatic N) is 1. The van der Waals surface area contributed by atoms with Crippen molar-refractivity contribution in [1.29, 1.82) is 0 Å². The Labute approximate surface area is 165 Å². The number of ether oxygens (including phenoxy) is 1. The van der Waals surface area contributed by atoms with E-state index in [1.165, 1.54) is 35.4 Å². The van der Waals surface area contributed by atoms with Crippen molar-refractivity contribution in [1.82, 2.24) is 10.2 Å². The molecule has 0 radical (unpaired) electrons. The number of sulfone groups is 1. The summed E-state index contributed by atoms with van der Waals surface area (Å²) in [5, 5.41) is 2.15. The Bertz CT molecular complexity index is 1010. The van der Waals surface area contributed by atoms with Gasteiger partial charge in [0, 0.05) is 0 Å². The maximum atomic E-state index is 12.5. The number of alkyl halides is 2. The number of imide groups is 1. The molecule has 1 aliphatic rings. The van der Waals surface area contributed by atoms with E-state index in [4.69, 9.17) is 9.15 Å². The molecule has 0 bridgehead atoms. The second-order valence-corrected chi connectivity index (χ2v) is 8.49. The smallest absolute Gasteiger partial charge is 0.324 e. The predicted octanol–water partition coefficient (Wildman–Crippen LogP) is 1.99. The predicted molar refractivity (Wildman–Crippen MR) is 96.4 cm³/mol. The van der Waals surface area contributed by atoms with Crippen molar-refractivity contribution in [3.63, 3.8) is 0 Å². The zero-order valence-corrected chi connectivity index (χ0v) is 16.0. The maximum Gasteiger partial charge on any atom is 0.324 e. The Kier molecular flexibility index (Phi) is 6.16. The lowest BCUT2D eigenvalue weighted by Gasteiger charge is -2.10. The van der Waals surface area contributed by atoms with Crippen LogP contribution in [-0.2, 0) is 27.6 Å². The number of hydrogen-bond acceptors (Lipinski definition) is 6. The van der Waals surface area contributed by atoms with Crippen molar-refractivity contribution in [3.8, 4) is 5.75 Å². The largest absolute Gasteiger partial charge is 0.488 e. The zero-order valence-electron chi connectivity index (χ0n) is 15.1. The first-order chi connectivity index (χ1) is 13.7. The fraction of sp³-hybridized carbons (Fsp3) is 0.333. The van der Waals surface area contributed by atoms with E-state index in [0.29, 0.717) is 11.3 Å². The summed E-state index contributed by atoms with van der Waals surface area (Å²) >= 11 is 0. The number of halogens is 2. The number of nitrogens with one attached hydrogen (secondary N) is 1. The summed E-state index contributed by atoms with van der Waals surface area (Å²) in [5.74, 6) is -0.153. The van der Waals surface area contributed by atoms with E-state index in [0.717, 1.165) is 0 Å². The third-order valence-corrected chi connectivity index (χ3v) is 5.84. The number of rotatable bonds is 9. The quantitative estimate of drug-likeness (QED) is 0.613. The molecule has 1 fully saturated rings. The number of carbonyl (C=O) groups is 2. The first-order valence-corrected chi connectivity index (χ1v) is 10.3. The summed E-state index contributed by atoms with van der Waals surface area (Å²) in [6, 6.07) is 6.52. The number of benzene rings is 1. The average molecular weight is 428 g/mol. The molecule has 1 aliphatic heterocycles.